The third-order valence-electron chi connectivity index (χ3n) is 10.0. The lowest BCUT2D eigenvalue weighted by Crippen LogP contribution is -2.43. The van der Waals surface area contributed by atoms with Crippen molar-refractivity contribution in [3.8, 4) is 28.1 Å². The second kappa shape index (κ2) is 12.8. The smallest absolute Gasteiger partial charge is 0.453 e. The van der Waals surface area contributed by atoms with E-state index in [0.29, 0.717) is 29.9 Å². The van der Waals surface area contributed by atoms with Gasteiger partial charge < -0.3 is 24.1 Å². The first-order chi connectivity index (χ1) is 23.8. The van der Waals surface area contributed by atoms with Crippen molar-refractivity contribution < 1.29 is 40.1 Å². The number of aromatic amines is 1. The van der Waals surface area contributed by atoms with Crippen LogP contribution in [0, 0.1) is 5.92 Å². The molecule has 262 valence electrons. The summed E-state index contributed by atoms with van der Waals surface area (Å²) in [6.07, 6.45) is 4.06. The Hall–Kier alpha value is -4.85. The van der Waals surface area contributed by atoms with Gasteiger partial charge in [0.2, 0.25) is 0 Å². The number of aromatic nitrogens is 2. The summed E-state index contributed by atoms with van der Waals surface area (Å²) in [6.45, 7) is 2.54. The van der Waals surface area contributed by atoms with E-state index < -0.39 is 27.8 Å². The van der Waals surface area contributed by atoms with Crippen LogP contribution in [0.5, 0.6) is 5.75 Å². The van der Waals surface area contributed by atoms with Gasteiger partial charge in [-0.3, -0.25) is 4.79 Å². The van der Waals surface area contributed by atoms with Gasteiger partial charge in [0.05, 0.1) is 25.0 Å². The van der Waals surface area contributed by atoms with Gasteiger partial charge in [0.25, 0.3) is 5.91 Å². The lowest BCUT2D eigenvalue weighted by atomic mass is 9.85. The molecule has 2 unspecified atom stereocenters. The number of amides is 2. The van der Waals surface area contributed by atoms with Crippen LogP contribution >= 0.6 is 0 Å². The van der Waals surface area contributed by atoms with Crippen molar-refractivity contribution in [1.29, 1.82) is 0 Å². The molecule has 2 heterocycles. The Morgan fingerprint density at radius 3 is 2.32 bits per heavy atom. The van der Waals surface area contributed by atoms with Gasteiger partial charge in [-0.15, -0.1) is 0 Å². The number of alkyl carbamates (subject to hydrolysis) is 1. The van der Waals surface area contributed by atoms with Gasteiger partial charge in [-0.05, 0) is 77.3 Å². The Morgan fingerprint density at radius 2 is 1.64 bits per heavy atom. The molecule has 3 aromatic carbocycles. The van der Waals surface area contributed by atoms with Crippen LogP contribution in [0.1, 0.15) is 79.0 Å². The number of hydrogen-bond acceptors (Lipinski definition) is 7. The number of rotatable bonds is 8. The van der Waals surface area contributed by atoms with Crippen LogP contribution in [0.15, 0.2) is 72.9 Å². The van der Waals surface area contributed by atoms with Crippen LogP contribution in [-0.2, 0) is 19.6 Å². The monoisotopic (exact) mass is 708 g/mol. The molecule has 10 nitrogen and oxygen atoms in total. The average Bonchev–Trinajstić information content (AvgIpc) is 3.91. The summed E-state index contributed by atoms with van der Waals surface area (Å²) in [6, 6.07) is 18.3. The highest BCUT2D eigenvalue weighted by atomic mass is 32.2. The number of hydrogen-bond donors (Lipinski definition) is 2. The van der Waals surface area contributed by atoms with Gasteiger partial charge in [0.15, 0.2) is 0 Å². The zero-order valence-corrected chi connectivity index (χ0v) is 28.1. The summed E-state index contributed by atoms with van der Waals surface area (Å²) in [4.78, 5) is 36.0. The first kappa shape index (κ1) is 33.6. The Morgan fingerprint density at radius 1 is 0.960 bits per heavy atom. The Kier molecular flexibility index (Phi) is 8.61. The summed E-state index contributed by atoms with van der Waals surface area (Å²) < 4.78 is 72.6. The van der Waals surface area contributed by atoms with Crippen LogP contribution in [0.2, 0.25) is 0 Å². The molecule has 2 amide bonds. The first-order valence-electron chi connectivity index (χ1n) is 16.4. The Balaban J connectivity index is 1.14. The van der Waals surface area contributed by atoms with E-state index in [9.17, 15) is 31.2 Å². The molecule has 50 heavy (non-hydrogen) atoms. The SMILES string of the molecule is COC(=O)N[C@@H](C(=O)N1C[C@@H](C)C[C@H]1c1ncc(-c2ccc(-c3ccc(OS(=O)(=O)C(F)(F)F)c4c3C3CCC4C3)cc2)[nH]1)c1ccccc1. The van der Waals surface area contributed by atoms with Crippen molar-refractivity contribution in [1.82, 2.24) is 20.2 Å². The van der Waals surface area contributed by atoms with E-state index in [-0.39, 0.29) is 35.5 Å². The minimum absolute atomic E-state index is 0.0555. The Bertz CT molecular complexity index is 2030. The number of likely N-dealkylation sites (tertiary alicyclic amines) is 1. The number of halogens is 3. The molecular weight excluding hydrogens is 673 g/mol. The maximum Gasteiger partial charge on any atom is 0.534 e. The van der Waals surface area contributed by atoms with E-state index in [1.54, 1.807) is 41.4 Å². The van der Waals surface area contributed by atoms with Crippen molar-refractivity contribution in [2.24, 2.45) is 5.92 Å². The molecule has 2 fully saturated rings. The number of fused-ring (bicyclic) bond motifs is 5. The highest BCUT2D eigenvalue weighted by molar-refractivity contribution is 7.88. The fraction of sp³-hybridized carbons (Fsp3) is 0.361. The molecule has 2 bridgehead atoms. The molecule has 4 aromatic rings. The second-order valence-electron chi connectivity index (χ2n) is 13.2. The predicted octanol–water partition coefficient (Wildman–Crippen LogP) is 7.34. The Labute approximate surface area is 287 Å². The van der Waals surface area contributed by atoms with E-state index >= 15 is 0 Å². The molecule has 1 aliphatic heterocycles. The van der Waals surface area contributed by atoms with Crippen molar-refractivity contribution in [3.05, 3.63) is 95.4 Å². The van der Waals surface area contributed by atoms with E-state index in [1.807, 2.05) is 30.3 Å². The summed E-state index contributed by atoms with van der Waals surface area (Å²) >= 11 is 0. The number of methoxy groups -OCH3 is 1. The number of benzene rings is 3. The van der Waals surface area contributed by atoms with Crippen molar-refractivity contribution in [2.75, 3.05) is 13.7 Å². The normalized spacial score (nSPS) is 21.9. The third-order valence-corrected chi connectivity index (χ3v) is 11.0. The van der Waals surface area contributed by atoms with E-state index in [4.69, 9.17) is 4.74 Å². The molecule has 1 saturated heterocycles. The number of carbonyl (C=O) groups excluding carboxylic acids is 2. The van der Waals surface area contributed by atoms with Gasteiger partial charge in [-0.1, -0.05) is 67.6 Å². The van der Waals surface area contributed by atoms with Gasteiger partial charge in [0, 0.05) is 12.1 Å². The van der Waals surface area contributed by atoms with Crippen molar-refractivity contribution in [2.45, 2.75) is 62.0 Å². The summed E-state index contributed by atoms with van der Waals surface area (Å²) in [5, 5.41) is 2.68. The second-order valence-corrected chi connectivity index (χ2v) is 14.8. The predicted molar refractivity (Wildman–Crippen MR) is 177 cm³/mol. The first-order valence-corrected chi connectivity index (χ1v) is 17.8. The molecule has 2 N–H and O–H groups in total. The molecule has 2 aliphatic carbocycles. The van der Waals surface area contributed by atoms with Crippen LogP contribution in [0.3, 0.4) is 0 Å². The number of alkyl halides is 3. The van der Waals surface area contributed by atoms with Crippen molar-refractivity contribution in [3.63, 3.8) is 0 Å². The topological polar surface area (TPSA) is 131 Å². The number of H-pyrrole nitrogens is 1. The molecule has 0 radical (unpaired) electrons. The maximum absolute atomic E-state index is 14.0. The van der Waals surface area contributed by atoms with Crippen LogP contribution in [0.25, 0.3) is 22.4 Å². The summed E-state index contributed by atoms with van der Waals surface area (Å²) in [5.41, 5.74) is -0.241. The molecule has 14 heteroatoms. The van der Waals surface area contributed by atoms with E-state index in [0.717, 1.165) is 47.2 Å². The van der Waals surface area contributed by atoms with Crippen LogP contribution in [0.4, 0.5) is 18.0 Å². The lowest BCUT2D eigenvalue weighted by Gasteiger charge is -2.28. The van der Waals surface area contributed by atoms with Crippen molar-refractivity contribution >= 4 is 22.1 Å². The lowest BCUT2D eigenvalue weighted by molar-refractivity contribution is -0.134. The van der Waals surface area contributed by atoms with Gasteiger partial charge >= 0.3 is 21.7 Å². The quantitative estimate of drug-likeness (QED) is 0.145. The molecule has 0 spiro atoms. The standard InChI is InChI=1S/C36H35F3N4O6S/c1-20-16-28(43(19-20)34(44)32(42-35(45)48-2)23-6-4-3-5-7-23)33-40-18-27(41-33)22-10-8-21(9-11-22)26-14-15-29(49-50(46,47)36(37,38)39)31-25-13-12-24(17-25)30(26)31/h3-11,14-15,18,20,24-25,28,32H,12-13,16-17,19H2,1-2H3,(H,40,41)(H,42,45)/t20-,24?,25?,28-,32+/m0/s1. The fourth-order valence-corrected chi connectivity index (χ4v) is 8.26. The number of nitrogens with one attached hydrogen (secondary N) is 2. The van der Waals surface area contributed by atoms with Crippen LogP contribution in [-0.4, -0.2) is 54.4 Å². The zero-order chi connectivity index (χ0) is 35.4. The zero-order valence-electron chi connectivity index (χ0n) is 27.2. The van der Waals surface area contributed by atoms with E-state index in [1.165, 1.54) is 13.2 Å². The number of ether oxygens (including phenoxy) is 1. The minimum Gasteiger partial charge on any atom is -0.453 e. The maximum atomic E-state index is 14.0. The van der Waals surface area contributed by atoms with E-state index in [2.05, 4.69) is 26.4 Å². The number of nitrogens with zero attached hydrogens (tertiary/aromatic N) is 2. The minimum atomic E-state index is -5.79. The van der Waals surface area contributed by atoms with Gasteiger partial charge in [0.1, 0.15) is 17.6 Å². The molecule has 1 saturated carbocycles. The largest absolute Gasteiger partial charge is 0.534 e. The van der Waals surface area contributed by atoms with Crippen LogP contribution < -0.4 is 9.50 Å². The highest BCUT2D eigenvalue weighted by Gasteiger charge is 2.50. The van der Waals surface area contributed by atoms with Gasteiger partial charge in [-0.25, -0.2) is 9.78 Å². The summed E-state index contributed by atoms with van der Waals surface area (Å²) in [5.74, 6) is 0.339. The number of carbonyl (C=O) groups is 2. The fourth-order valence-electron chi connectivity index (χ4n) is 7.78. The molecule has 5 atom stereocenters. The molecular formula is C36H35F3N4O6S. The molecule has 3 aliphatic rings. The van der Waals surface area contributed by atoms with Gasteiger partial charge in [-0.2, -0.15) is 21.6 Å². The molecule has 7 rings (SSSR count). The highest BCUT2D eigenvalue weighted by Crippen LogP contribution is 2.58. The molecule has 1 aromatic heterocycles. The third kappa shape index (κ3) is 6.10. The number of imidazole rings is 1. The summed E-state index contributed by atoms with van der Waals surface area (Å²) in [7, 11) is -4.55. The average molecular weight is 709 g/mol.